The lowest BCUT2D eigenvalue weighted by molar-refractivity contribution is -0.113. The number of hydrogen-bond donors (Lipinski definition) is 0. The molecule has 1 aromatic carbocycles. The topological polar surface area (TPSA) is 36.4 Å². The molecule has 0 aliphatic carbocycles. The molecular formula is C16H18ClN3O. The smallest absolute Gasteiger partial charge is 0.235 e. The van der Waals surface area contributed by atoms with Crippen molar-refractivity contribution in [2.24, 2.45) is 0 Å². The molecule has 5 heteroatoms. The van der Waals surface area contributed by atoms with Crippen molar-refractivity contribution in [2.75, 3.05) is 32.7 Å². The Hall–Kier alpha value is -1.49. The first-order chi connectivity index (χ1) is 10.2. The standard InChI is InChI=1S/C16H18ClN3O/c17-16(21)12-20-9-7-19(8-10-20)11-14-6-5-13-3-1-2-4-15(13)18-14/h1-6H,7-12H2. The number of rotatable bonds is 4. The highest BCUT2D eigenvalue weighted by Gasteiger charge is 2.18. The predicted octanol–water partition coefficient (Wildman–Crippen LogP) is 2.12. The number of pyridine rings is 1. The number of halogens is 1. The number of nitrogens with zero attached hydrogens (tertiary/aromatic N) is 3. The maximum absolute atomic E-state index is 10.9. The second-order valence-corrected chi connectivity index (χ2v) is 5.82. The van der Waals surface area contributed by atoms with Gasteiger partial charge in [-0.1, -0.05) is 24.3 Å². The van der Waals surface area contributed by atoms with Crippen LogP contribution in [0.5, 0.6) is 0 Å². The fourth-order valence-corrected chi connectivity index (χ4v) is 2.88. The monoisotopic (exact) mass is 303 g/mol. The highest BCUT2D eigenvalue weighted by atomic mass is 35.5. The summed E-state index contributed by atoms with van der Waals surface area (Å²) in [6, 6.07) is 12.4. The minimum atomic E-state index is -0.278. The number of carbonyl (C=O) groups excluding carboxylic acids is 1. The van der Waals surface area contributed by atoms with E-state index in [0.29, 0.717) is 6.54 Å². The number of hydrogen-bond acceptors (Lipinski definition) is 4. The van der Waals surface area contributed by atoms with E-state index in [1.54, 1.807) is 0 Å². The Labute approximate surface area is 129 Å². The summed E-state index contributed by atoms with van der Waals surface area (Å²) in [4.78, 5) is 20.1. The third-order valence-electron chi connectivity index (χ3n) is 3.85. The molecule has 1 saturated heterocycles. The minimum absolute atomic E-state index is 0.278. The number of benzene rings is 1. The summed E-state index contributed by atoms with van der Waals surface area (Å²) < 4.78 is 0. The molecule has 1 aliphatic rings. The molecule has 0 unspecified atom stereocenters. The number of carbonyl (C=O) groups is 1. The van der Waals surface area contributed by atoms with E-state index in [4.69, 9.17) is 16.6 Å². The minimum Gasteiger partial charge on any atom is -0.295 e. The molecule has 1 fully saturated rings. The molecule has 0 amide bonds. The first kappa shape index (κ1) is 14.4. The van der Waals surface area contributed by atoms with E-state index in [2.05, 4.69) is 28.0 Å². The van der Waals surface area contributed by atoms with Crippen molar-refractivity contribution in [3.63, 3.8) is 0 Å². The molecule has 0 spiro atoms. The predicted molar refractivity (Wildman–Crippen MR) is 84.3 cm³/mol. The van der Waals surface area contributed by atoms with E-state index in [9.17, 15) is 4.79 Å². The van der Waals surface area contributed by atoms with Crippen molar-refractivity contribution in [2.45, 2.75) is 6.54 Å². The maximum atomic E-state index is 10.9. The van der Waals surface area contributed by atoms with Crippen LogP contribution in [-0.4, -0.2) is 52.8 Å². The fraction of sp³-hybridized carbons (Fsp3) is 0.375. The highest BCUT2D eigenvalue weighted by Crippen LogP contribution is 2.14. The van der Waals surface area contributed by atoms with E-state index in [1.807, 2.05) is 18.2 Å². The molecule has 4 nitrogen and oxygen atoms in total. The molecule has 3 rings (SSSR count). The average molecular weight is 304 g/mol. The third-order valence-corrected chi connectivity index (χ3v) is 3.97. The molecule has 0 N–H and O–H groups in total. The summed E-state index contributed by atoms with van der Waals surface area (Å²) in [7, 11) is 0. The Morgan fingerprint density at radius 2 is 1.76 bits per heavy atom. The zero-order valence-electron chi connectivity index (χ0n) is 11.8. The van der Waals surface area contributed by atoms with E-state index >= 15 is 0 Å². The summed E-state index contributed by atoms with van der Waals surface area (Å²) in [5, 5.41) is 0.895. The van der Waals surface area contributed by atoms with Crippen molar-refractivity contribution < 1.29 is 4.79 Å². The molecule has 0 saturated carbocycles. The number of fused-ring (bicyclic) bond motifs is 1. The maximum Gasteiger partial charge on any atom is 0.235 e. The van der Waals surface area contributed by atoms with Crippen LogP contribution in [0.25, 0.3) is 10.9 Å². The van der Waals surface area contributed by atoms with Gasteiger partial charge in [0.15, 0.2) is 0 Å². The summed E-state index contributed by atoms with van der Waals surface area (Å²) in [6.07, 6.45) is 0. The van der Waals surface area contributed by atoms with Crippen LogP contribution in [-0.2, 0) is 11.3 Å². The van der Waals surface area contributed by atoms with Crippen LogP contribution in [0.2, 0.25) is 0 Å². The molecule has 1 aromatic heterocycles. The average Bonchev–Trinajstić information content (AvgIpc) is 2.49. The van der Waals surface area contributed by atoms with Gasteiger partial charge < -0.3 is 0 Å². The lowest BCUT2D eigenvalue weighted by atomic mass is 10.2. The largest absolute Gasteiger partial charge is 0.295 e. The lowest BCUT2D eigenvalue weighted by Gasteiger charge is -2.33. The number of para-hydroxylation sites is 1. The quantitative estimate of drug-likeness (QED) is 0.811. The Kier molecular flexibility index (Phi) is 4.48. The zero-order chi connectivity index (χ0) is 14.7. The van der Waals surface area contributed by atoms with Gasteiger partial charge in [0.25, 0.3) is 0 Å². The molecule has 2 heterocycles. The molecule has 1 aliphatic heterocycles. The summed E-state index contributed by atoms with van der Waals surface area (Å²) in [5.74, 6) is 0. The summed E-state index contributed by atoms with van der Waals surface area (Å²) in [5.41, 5.74) is 2.14. The first-order valence-corrected chi connectivity index (χ1v) is 7.56. The fourth-order valence-electron chi connectivity index (χ4n) is 2.71. The van der Waals surface area contributed by atoms with Gasteiger partial charge in [-0.3, -0.25) is 19.6 Å². The number of aromatic nitrogens is 1. The van der Waals surface area contributed by atoms with Gasteiger partial charge in [-0.15, -0.1) is 0 Å². The Morgan fingerprint density at radius 3 is 2.52 bits per heavy atom. The van der Waals surface area contributed by atoms with E-state index in [-0.39, 0.29) is 5.24 Å². The molecule has 0 atom stereocenters. The van der Waals surface area contributed by atoms with Gasteiger partial charge in [0.2, 0.25) is 5.24 Å². The van der Waals surface area contributed by atoms with Gasteiger partial charge in [-0.25, -0.2) is 0 Å². The van der Waals surface area contributed by atoms with Crippen molar-refractivity contribution in [1.29, 1.82) is 0 Å². The van der Waals surface area contributed by atoms with Gasteiger partial charge in [0.1, 0.15) is 0 Å². The second kappa shape index (κ2) is 6.52. The highest BCUT2D eigenvalue weighted by molar-refractivity contribution is 6.64. The van der Waals surface area contributed by atoms with Crippen LogP contribution < -0.4 is 0 Å². The molecule has 0 bridgehead atoms. The lowest BCUT2D eigenvalue weighted by Crippen LogP contribution is -2.47. The molecule has 21 heavy (non-hydrogen) atoms. The van der Waals surface area contributed by atoms with Gasteiger partial charge in [-0.2, -0.15) is 0 Å². The van der Waals surface area contributed by atoms with E-state index in [1.165, 1.54) is 5.39 Å². The molecule has 2 aromatic rings. The Bertz CT molecular complexity index is 638. The summed E-state index contributed by atoms with van der Waals surface area (Å²) in [6.45, 7) is 4.85. The Balaban J connectivity index is 1.60. The van der Waals surface area contributed by atoms with E-state index < -0.39 is 0 Å². The van der Waals surface area contributed by atoms with Gasteiger partial charge in [0, 0.05) is 38.1 Å². The zero-order valence-corrected chi connectivity index (χ0v) is 12.6. The SMILES string of the molecule is O=C(Cl)CN1CCN(Cc2ccc3ccccc3n2)CC1. The first-order valence-electron chi connectivity index (χ1n) is 7.18. The molecular weight excluding hydrogens is 286 g/mol. The van der Waals surface area contributed by atoms with Crippen LogP contribution >= 0.6 is 11.6 Å². The number of piperazine rings is 1. The second-order valence-electron chi connectivity index (χ2n) is 5.40. The summed E-state index contributed by atoms with van der Waals surface area (Å²) >= 11 is 5.43. The van der Waals surface area contributed by atoms with Crippen LogP contribution in [0.3, 0.4) is 0 Å². The van der Waals surface area contributed by atoms with Gasteiger partial charge >= 0.3 is 0 Å². The van der Waals surface area contributed by atoms with Crippen LogP contribution in [0.4, 0.5) is 0 Å². The van der Waals surface area contributed by atoms with Crippen molar-refractivity contribution in [3.05, 3.63) is 42.1 Å². The van der Waals surface area contributed by atoms with Crippen molar-refractivity contribution >= 4 is 27.7 Å². The normalized spacial score (nSPS) is 17.2. The van der Waals surface area contributed by atoms with Crippen molar-refractivity contribution in [3.8, 4) is 0 Å². The Morgan fingerprint density at radius 1 is 1.05 bits per heavy atom. The molecule has 110 valence electrons. The molecule has 0 radical (unpaired) electrons. The van der Waals surface area contributed by atoms with Crippen molar-refractivity contribution in [1.82, 2.24) is 14.8 Å². The van der Waals surface area contributed by atoms with Crippen LogP contribution in [0, 0.1) is 0 Å². The van der Waals surface area contributed by atoms with Crippen LogP contribution in [0.15, 0.2) is 36.4 Å². The van der Waals surface area contributed by atoms with Gasteiger partial charge in [-0.05, 0) is 23.7 Å². The third kappa shape index (κ3) is 3.79. The van der Waals surface area contributed by atoms with Crippen LogP contribution in [0.1, 0.15) is 5.69 Å². The van der Waals surface area contributed by atoms with E-state index in [0.717, 1.165) is 43.9 Å². The van der Waals surface area contributed by atoms with Gasteiger partial charge in [0.05, 0.1) is 17.8 Å².